The number of hydrogen-bond acceptors (Lipinski definition) is 10. The molecule has 2 N–H and O–H groups in total. The van der Waals surface area contributed by atoms with E-state index in [0.717, 1.165) is 0 Å². The number of nitrogens with two attached hydrogens (primary N) is 1. The molecule has 0 amide bonds. The summed E-state index contributed by atoms with van der Waals surface area (Å²) in [5.41, 5.74) is 6.79. The Morgan fingerprint density at radius 3 is 2.19 bits per heavy atom. The third kappa shape index (κ3) is 5.70. The van der Waals surface area contributed by atoms with Gasteiger partial charge in [-0.15, -0.1) is 0 Å². The first-order valence-electron chi connectivity index (χ1n) is 12.3. The Morgan fingerprint density at radius 2 is 1.64 bits per heavy atom. The van der Waals surface area contributed by atoms with E-state index in [4.69, 9.17) is 24.4 Å². The van der Waals surface area contributed by atoms with Crippen LogP contribution in [0, 0.1) is 11.8 Å². The quantitative estimate of drug-likeness (QED) is 0.405. The summed E-state index contributed by atoms with van der Waals surface area (Å²) in [7, 11) is -2.16. The summed E-state index contributed by atoms with van der Waals surface area (Å²) in [5, 5.41) is -0.0341. The summed E-state index contributed by atoms with van der Waals surface area (Å²) >= 11 is 0. The normalized spacial score (nSPS) is 23.0. The van der Waals surface area contributed by atoms with Crippen molar-refractivity contribution in [2.45, 2.75) is 91.1 Å². The highest BCUT2D eigenvalue weighted by atomic mass is 28.4. The molecule has 200 valence electrons. The van der Waals surface area contributed by atoms with Crippen molar-refractivity contribution in [3.63, 3.8) is 0 Å². The number of hydrogen-bond donors (Lipinski definition) is 1. The monoisotopic (exact) mass is 521 g/mol. The Kier molecular flexibility index (Phi) is 8.11. The van der Waals surface area contributed by atoms with Gasteiger partial charge in [0.25, 0.3) is 0 Å². The van der Waals surface area contributed by atoms with Gasteiger partial charge in [-0.25, -0.2) is 15.0 Å². The fourth-order valence-corrected chi connectivity index (χ4v) is 4.45. The molecule has 1 fully saturated rings. The number of nitrogen functional groups attached to an aromatic ring is 1. The summed E-state index contributed by atoms with van der Waals surface area (Å²) < 4.78 is 26.3. The number of carbonyl (C=O) groups excluding carboxylic acids is 2. The number of carbonyl (C=O) groups is 2. The second-order valence-corrected chi connectivity index (χ2v) is 16.1. The van der Waals surface area contributed by atoms with Crippen LogP contribution in [-0.2, 0) is 28.2 Å². The zero-order chi connectivity index (χ0) is 27.0. The molecule has 0 radical (unpaired) electrons. The summed E-state index contributed by atoms with van der Waals surface area (Å²) in [6, 6.07) is 0. The maximum Gasteiger partial charge on any atom is 0.308 e. The van der Waals surface area contributed by atoms with Crippen LogP contribution in [0.3, 0.4) is 0 Å². The summed E-state index contributed by atoms with van der Waals surface area (Å²) in [4.78, 5) is 38.1. The van der Waals surface area contributed by atoms with Crippen LogP contribution in [-0.4, -0.2) is 64.7 Å². The first-order chi connectivity index (χ1) is 16.6. The third-order valence-corrected chi connectivity index (χ3v) is 11.3. The Hall–Kier alpha value is -2.57. The topological polar surface area (TPSA) is 141 Å². The Morgan fingerprint density at radius 1 is 1.06 bits per heavy atom. The van der Waals surface area contributed by atoms with E-state index in [1.54, 1.807) is 32.3 Å². The van der Waals surface area contributed by atoms with Gasteiger partial charge in [-0.1, -0.05) is 48.5 Å². The lowest BCUT2D eigenvalue weighted by Crippen LogP contribution is -2.46. The predicted octanol–water partition coefficient (Wildman–Crippen LogP) is 3.46. The standard InChI is InChI=1S/C24H39N5O6Si/c1-13(2)22(30)34-17-15(10-32-36(8,9)24(5,6)7)33-21(18(17)35-23(31)14(3)4)29-12-28-16-19(25)26-11-27-20(16)29/h11-15,17-18,21H,10H2,1-9H3,(H2,25,26,27)/t15-,17-,18+,21-/m1/s1. The molecular formula is C24H39N5O6Si. The summed E-state index contributed by atoms with van der Waals surface area (Å²) in [6.45, 7) is 17.8. The molecule has 1 aliphatic rings. The van der Waals surface area contributed by atoms with Crippen molar-refractivity contribution in [2.75, 3.05) is 12.3 Å². The first kappa shape index (κ1) is 28.0. The van der Waals surface area contributed by atoms with Gasteiger partial charge in [-0.2, -0.15) is 0 Å². The zero-order valence-corrected chi connectivity index (χ0v) is 23.6. The fourth-order valence-electron chi connectivity index (χ4n) is 3.44. The largest absolute Gasteiger partial charge is 0.455 e. The number of anilines is 1. The SMILES string of the molecule is CC(C)C(=O)O[C@H]1[C@H](OC(=O)C(C)C)[C@@H](CO[Si](C)(C)C(C)(C)C)O[C@H]1n1cnc2c(N)ncnc21. The molecule has 3 rings (SSSR count). The van der Waals surface area contributed by atoms with Crippen LogP contribution < -0.4 is 5.73 Å². The maximum atomic E-state index is 12.7. The molecule has 12 heteroatoms. The molecule has 0 aromatic carbocycles. The van der Waals surface area contributed by atoms with Crippen molar-refractivity contribution < 1.29 is 28.2 Å². The number of imidazole rings is 1. The lowest BCUT2D eigenvalue weighted by atomic mass is 10.1. The van der Waals surface area contributed by atoms with Crippen LogP contribution in [0.4, 0.5) is 5.82 Å². The van der Waals surface area contributed by atoms with Gasteiger partial charge in [0.1, 0.15) is 17.9 Å². The minimum atomic E-state index is -2.16. The van der Waals surface area contributed by atoms with Gasteiger partial charge in [0.05, 0.1) is 24.8 Å². The molecule has 36 heavy (non-hydrogen) atoms. The highest BCUT2D eigenvalue weighted by Gasteiger charge is 2.52. The molecule has 0 bridgehead atoms. The lowest BCUT2D eigenvalue weighted by molar-refractivity contribution is -0.172. The van der Waals surface area contributed by atoms with E-state index in [-0.39, 0.29) is 23.4 Å². The zero-order valence-electron chi connectivity index (χ0n) is 22.6. The highest BCUT2D eigenvalue weighted by Crippen LogP contribution is 2.40. The van der Waals surface area contributed by atoms with Gasteiger partial charge in [-0.3, -0.25) is 14.2 Å². The van der Waals surface area contributed by atoms with Crippen molar-refractivity contribution in [2.24, 2.45) is 11.8 Å². The molecule has 2 aromatic heterocycles. The second-order valence-electron chi connectivity index (χ2n) is 11.3. The average molecular weight is 522 g/mol. The minimum absolute atomic E-state index is 0.0341. The number of fused-ring (bicyclic) bond motifs is 1. The van der Waals surface area contributed by atoms with Crippen LogP contribution in [0.1, 0.15) is 54.7 Å². The minimum Gasteiger partial charge on any atom is -0.455 e. The number of rotatable bonds is 8. The maximum absolute atomic E-state index is 12.7. The molecule has 1 saturated heterocycles. The van der Waals surface area contributed by atoms with Gasteiger partial charge in [-0.05, 0) is 18.1 Å². The first-order valence-corrected chi connectivity index (χ1v) is 15.2. The Bertz CT molecular complexity index is 1100. The average Bonchev–Trinajstić information content (AvgIpc) is 3.34. The van der Waals surface area contributed by atoms with Gasteiger partial charge in [0.2, 0.25) is 0 Å². The van der Waals surface area contributed by atoms with Gasteiger partial charge >= 0.3 is 11.9 Å². The molecule has 4 atom stereocenters. The van der Waals surface area contributed by atoms with E-state index in [1.807, 2.05) is 0 Å². The van der Waals surface area contributed by atoms with Crippen molar-refractivity contribution in [3.8, 4) is 0 Å². The lowest BCUT2D eigenvalue weighted by Gasteiger charge is -2.37. The Labute approximate surface area is 213 Å². The van der Waals surface area contributed by atoms with Crippen molar-refractivity contribution >= 4 is 37.2 Å². The van der Waals surface area contributed by atoms with Gasteiger partial charge in [0, 0.05) is 0 Å². The number of nitrogens with zero attached hydrogens (tertiary/aromatic N) is 4. The molecule has 1 aliphatic heterocycles. The molecule has 0 unspecified atom stereocenters. The number of esters is 2. The Balaban J connectivity index is 2.04. The van der Waals surface area contributed by atoms with Crippen molar-refractivity contribution in [1.29, 1.82) is 0 Å². The van der Waals surface area contributed by atoms with E-state index in [2.05, 4.69) is 48.8 Å². The molecule has 3 heterocycles. The molecule has 11 nitrogen and oxygen atoms in total. The van der Waals surface area contributed by atoms with Gasteiger partial charge in [0.15, 0.2) is 38.2 Å². The summed E-state index contributed by atoms with van der Waals surface area (Å²) in [5.74, 6) is -1.42. The third-order valence-electron chi connectivity index (χ3n) is 6.81. The molecular weight excluding hydrogens is 482 g/mol. The van der Waals surface area contributed by atoms with Crippen LogP contribution in [0.25, 0.3) is 11.2 Å². The predicted molar refractivity (Wildman–Crippen MR) is 136 cm³/mol. The van der Waals surface area contributed by atoms with Crippen LogP contribution in [0.2, 0.25) is 18.1 Å². The van der Waals surface area contributed by atoms with Crippen LogP contribution in [0.15, 0.2) is 12.7 Å². The van der Waals surface area contributed by atoms with E-state index in [0.29, 0.717) is 11.2 Å². The van der Waals surface area contributed by atoms with E-state index in [1.165, 1.54) is 12.7 Å². The molecule has 0 spiro atoms. The highest BCUT2D eigenvalue weighted by molar-refractivity contribution is 6.74. The molecule has 0 saturated carbocycles. The van der Waals surface area contributed by atoms with Gasteiger partial charge < -0.3 is 24.4 Å². The van der Waals surface area contributed by atoms with Crippen LogP contribution in [0.5, 0.6) is 0 Å². The fraction of sp³-hybridized carbons (Fsp3) is 0.708. The second kappa shape index (κ2) is 10.4. The van der Waals surface area contributed by atoms with E-state index < -0.39 is 50.7 Å². The van der Waals surface area contributed by atoms with E-state index in [9.17, 15) is 9.59 Å². The van der Waals surface area contributed by atoms with Crippen LogP contribution >= 0.6 is 0 Å². The smallest absolute Gasteiger partial charge is 0.308 e. The molecule has 0 aliphatic carbocycles. The van der Waals surface area contributed by atoms with Crippen molar-refractivity contribution in [3.05, 3.63) is 12.7 Å². The number of ether oxygens (including phenoxy) is 3. The van der Waals surface area contributed by atoms with E-state index >= 15 is 0 Å². The number of aromatic nitrogens is 4. The van der Waals surface area contributed by atoms with Crippen molar-refractivity contribution in [1.82, 2.24) is 19.5 Å². The summed E-state index contributed by atoms with van der Waals surface area (Å²) in [6.07, 6.45) is -0.569. The molecule has 2 aromatic rings.